The Labute approximate surface area is 173 Å². The summed E-state index contributed by atoms with van der Waals surface area (Å²) in [6.45, 7) is 1.16. The minimum absolute atomic E-state index is 0.130. The van der Waals surface area contributed by atoms with Crippen molar-refractivity contribution in [3.63, 3.8) is 0 Å². The quantitative estimate of drug-likeness (QED) is 0.468. The first-order valence-corrected chi connectivity index (χ1v) is 9.94. The van der Waals surface area contributed by atoms with Gasteiger partial charge in [-0.05, 0) is 12.1 Å². The van der Waals surface area contributed by atoms with E-state index in [0.29, 0.717) is 40.5 Å². The highest BCUT2D eigenvalue weighted by Crippen LogP contribution is 2.35. The number of nitrogens with zero attached hydrogens (tertiary/aromatic N) is 2. The molecule has 0 bridgehead atoms. The molecule has 7 nitrogen and oxygen atoms in total. The first-order chi connectivity index (χ1) is 14.6. The second-order valence-corrected chi connectivity index (χ2v) is 7.54. The van der Waals surface area contributed by atoms with Gasteiger partial charge in [0.15, 0.2) is 27.5 Å². The van der Waals surface area contributed by atoms with Gasteiger partial charge in [0.05, 0.1) is 22.1 Å². The predicted molar refractivity (Wildman–Crippen MR) is 112 cm³/mol. The zero-order valence-corrected chi connectivity index (χ0v) is 16.4. The number of ether oxygens (including phenoxy) is 2. The maximum atomic E-state index is 12.8. The van der Waals surface area contributed by atoms with Crippen molar-refractivity contribution < 1.29 is 18.7 Å². The van der Waals surface area contributed by atoms with E-state index in [-0.39, 0.29) is 17.7 Å². The summed E-state index contributed by atoms with van der Waals surface area (Å²) in [6.07, 6.45) is 5.53. The van der Waals surface area contributed by atoms with E-state index in [1.807, 2.05) is 12.1 Å². The Morgan fingerprint density at radius 2 is 1.93 bits per heavy atom. The summed E-state index contributed by atoms with van der Waals surface area (Å²) in [4.78, 5) is 29.7. The van der Waals surface area contributed by atoms with Crippen LogP contribution in [-0.4, -0.2) is 23.7 Å². The minimum atomic E-state index is -0.660. The van der Waals surface area contributed by atoms with Crippen LogP contribution in [0, 0.1) is 12.3 Å². The van der Waals surface area contributed by atoms with Gasteiger partial charge in [-0.3, -0.25) is 9.59 Å². The molecule has 1 aliphatic heterocycles. The first kappa shape index (κ1) is 18.2. The van der Waals surface area contributed by atoms with Crippen molar-refractivity contribution in [2.75, 3.05) is 13.2 Å². The maximum absolute atomic E-state index is 12.8. The van der Waals surface area contributed by atoms with Crippen molar-refractivity contribution in [3.8, 4) is 23.8 Å². The van der Waals surface area contributed by atoms with Crippen molar-refractivity contribution in [1.82, 2.24) is 4.57 Å². The molecule has 0 N–H and O–H groups in total. The number of aromatic nitrogens is 1. The van der Waals surface area contributed by atoms with Gasteiger partial charge in [-0.15, -0.1) is 6.42 Å². The van der Waals surface area contributed by atoms with Crippen molar-refractivity contribution in [2.45, 2.75) is 6.54 Å². The Morgan fingerprint density at radius 1 is 1.17 bits per heavy atom. The van der Waals surface area contributed by atoms with E-state index in [4.69, 9.17) is 20.3 Å². The van der Waals surface area contributed by atoms with Crippen LogP contribution in [0.1, 0.15) is 10.6 Å². The van der Waals surface area contributed by atoms with E-state index in [0.717, 1.165) is 16.3 Å². The van der Waals surface area contributed by atoms with E-state index < -0.39 is 5.91 Å². The van der Waals surface area contributed by atoms with Crippen LogP contribution in [-0.2, 0) is 6.54 Å². The van der Waals surface area contributed by atoms with Crippen LogP contribution in [0.25, 0.3) is 21.2 Å². The molecule has 30 heavy (non-hydrogen) atoms. The fourth-order valence-electron chi connectivity index (χ4n) is 3.29. The number of para-hydroxylation sites is 1. The smallest absolute Gasteiger partial charge is 0.315 e. The van der Waals surface area contributed by atoms with Crippen molar-refractivity contribution in [1.29, 1.82) is 0 Å². The molecule has 8 heteroatoms. The number of amides is 1. The number of hydrogen-bond acceptors (Lipinski definition) is 6. The molecule has 0 spiro atoms. The Kier molecular flexibility index (Phi) is 4.38. The topological polar surface area (TPSA) is 83.0 Å². The summed E-state index contributed by atoms with van der Waals surface area (Å²) in [7, 11) is 0. The summed E-state index contributed by atoms with van der Waals surface area (Å²) >= 11 is 1.29. The van der Waals surface area contributed by atoms with E-state index in [1.165, 1.54) is 11.3 Å². The number of benzene rings is 2. The second kappa shape index (κ2) is 7.21. The molecule has 2 aromatic carbocycles. The third-order valence-corrected chi connectivity index (χ3v) is 5.68. The highest BCUT2D eigenvalue weighted by Gasteiger charge is 2.17. The van der Waals surface area contributed by atoms with Crippen LogP contribution in [0.3, 0.4) is 0 Å². The molecule has 5 rings (SSSR count). The number of carbonyl (C=O) groups excluding carboxylic acids is 1. The zero-order chi connectivity index (χ0) is 20.7. The fraction of sp³-hybridized carbons (Fsp3) is 0.136. The lowest BCUT2D eigenvalue weighted by Gasteiger charge is -2.18. The summed E-state index contributed by atoms with van der Waals surface area (Å²) in [6, 6.07) is 11.6. The predicted octanol–water partition coefficient (Wildman–Crippen LogP) is 2.95. The molecule has 0 fully saturated rings. The maximum Gasteiger partial charge on any atom is 0.315 e. The van der Waals surface area contributed by atoms with Crippen molar-refractivity contribution in [2.24, 2.45) is 4.99 Å². The van der Waals surface area contributed by atoms with Crippen LogP contribution in [0.5, 0.6) is 11.5 Å². The van der Waals surface area contributed by atoms with Crippen LogP contribution in [0.2, 0.25) is 0 Å². The molecule has 3 heterocycles. The van der Waals surface area contributed by atoms with Gasteiger partial charge in [0.2, 0.25) is 0 Å². The van der Waals surface area contributed by atoms with Crippen LogP contribution in [0.4, 0.5) is 0 Å². The van der Waals surface area contributed by atoms with Gasteiger partial charge in [0.1, 0.15) is 18.8 Å². The normalized spacial score (nSPS) is 13.5. The van der Waals surface area contributed by atoms with E-state index in [9.17, 15) is 9.59 Å². The lowest BCUT2D eigenvalue weighted by Crippen LogP contribution is -2.18. The number of carbonyl (C=O) groups is 1. The Balaban J connectivity index is 1.66. The van der Waals surface area contributed by atoms with Crippen LogP contribution in [0.15, 0.2) is 56.7 Å². The average molecular weight is 418 g/mol. The summed E-state index contributed by atoms with van der Waals surface area (Å²) < 4.78 is 19.5. The summed E-state index contributed by atoms with van der Waals surface area (Å²) in [5, 5.41) is 0.406. The number of thiazole rings is 1. The van der Waals surface area contributed by atoms with Gasteiger partial charge >= 0.3 is 5.91 Å². The minimum Gasteiger partial charge on any atom is -0.486 e. The Morgan fingerprint density at radius 3 is 2.73 bits per heavy atom. The fourth-order valence-corrected chi connectivity index (χ4v) is 4.33. The van der Waals surface area contributed by atoms with Gasteiger partial charge in [-0.2, -0.15) is 4.99 Å². The monoisotopic (exact) mass is 418 g/mol. The molecule has 0 saturated heterocycles. The van der Waals surface area contributed by atoms with Gasteiger partial charge < -0.3 is 18.5 Å². The zero-order valence-electron chi connectivity index (χ0n) is 15.6. The molecule has 0 saturated carbocycles. The highest BCUT2D eigenvalue weighted by molar-refractivity contribution is 7.16. The van der Waals surface area contributed by atoms with E-state index >= 15 is 0 Å². The Bertz CT molecular complexity index is 1490. The largest absolute Gasteiger partial charge is 0.486 e. The average Bonchev–Trinajstić information content (AvgIpc) is 3.08. The molecule has 0 unspecified atom stereocenters. The molecule has 148 valence electrons. The summed E-state index contributed by atoms with van der Waals surface area (Å²) in [5.74, 6) is 3.05. The molecular weight excluding hydrogens is 404 g/mol. The lowest BCUT2D eigenvalue weighted by molar-refractivity contribution is 0.0972. The lowest BCUT2D eigenvalue weighted by atomic mass is 10.2. The van der Waals surface area contributed by atoms with Gasteiger partial charge in [-0.25, -0.2) is 0 Å². The molecule has 0 aliphatic carbocycles. The molecule has 0 atom stereocenters. The molecule has 2 aromatic heterocycles. The van der Waals surface area contributed by atoms with E-state index in [2.05, 4.69) is 10.9 Å². The standard InChI is InChI=1S/C22H14N2O5S/c1-2-7-24-14-10-17-18(28-9-8-27-17)12-20(14)30-22(24)23-21(26)19-11-15(25)13-5-3-4-6-16(13)29-19/h1,3-6,10-12H,7-9H2. The number of rotatable bonds is 2. The first-order valence-electron chi connectivity index (χ1n) is 9.12. The number of terminal acetylenes is 1. The van der Waals surface area contributed by atoms with Crippen molar-refractivity contribution >= 4 is 38.4 Å². The second-order valence-electron chi connectivity index (χ2n) is 6.53. The highest BCUT2D eigenvalue weighted by atomic mass is 32.1. The number of fused-ring (bicyclic) bond motifs is 3. The third-order valence-electron chi connectivity index (χ3n) is 4.64. The SMILES string of the molecule is C#CCn1c(=NC(=O)c2cc(=O)c3ccccc3o2)sc2cc3c(cc21)OCCO3. The van der Waals surface area contributed by atoms with Gasteiger partial charge in [-0.1, -0.05) is 29.4 Å². The third kappa shape index (κ3) is 3.06. The molecule has 1 amide bonds. The molecule has 1 aliphatic rings. The van der Waals surface area contributed by atoms with E-state index in [1.54, 1.807) is 28.8 Å². The van der Waals surface area contributed by atoms with Gasteiger partial charge in [0, 0.05) is 18.2 Å². The van der Waals surface area contributed by atoms with Crippen LogP contribution < -0.4 is 19.7 Å². The molecule has 4 aromatic rings. The molecular formula is C22H14N2O5S. The van der Waals surface area contributed by atoms with Crippen molar-refractivity contribution in [3.05, 3.63) is 63.2 Å². The Hall–Kier alpha value is -3.83. The number of hydrogen-bond donors (Lipinski definition) is 0. The molecule has 0 radical (unpaired) electrons. The van der Waals surface area contributed by atoms with Gasteiger partial charge in [0.25, 0.3) is 0 Å². The van der Waals surface area contributed by atoms with Crippen LogP contribution >= 0.6 is 11.3 Å². The summed E-state index contributed by atoms with van der Waals surface area (Å²) in [5.41, 5.74) is 0.817.